The molecule has 39 heavy (non-hydrogen) atoms. The summed E-state index contributed by atoms with van der Waals surface area (Å²) in [6, 6.07) is 0. The average Bonchev–Trinajstić information content (AvgIpc) is 2.74. The van der Waals surface area contributed by atoms with Gasteiger partial charge in [-0.2, -0.15) is 92.2 Å². The molecule has 0 amide bonds. The van der Waals surface area contributed by atoms with Crippen molar-refractivity contribution >= 4 is 0 Å². The molecule has 0 aromatic rings. The molecule has 0 fully saturated rings. The van der Waals surface area contributed by atoms with Crippen LogP contribution in [0.1, 0.15) is 38.5 Å². The lowest BCUT2D eigenvalue weighted by atomic mass is 9.85. The molecule has 0 spiro atoms. The van der Waals surface area contributed by atoms with Crippen LogP contribution >= 0.6 is 0 Å². The van der Waals surface area contributed by atoms with Gasteiger partial charge < -0.3 is 0 Å². The van der Waals surface area contributed by atoms with Gasteiger partial charge in [0.25, 0.3) is 0 Å². The second-order valence-corrected chi connectivity index (χ2v) is 8.04. The Morgan fingerprint density at radius 3 is 0.949 bits per heavy atom. The van der Waals surface area contributed by atoms with E-state index in [1.54, 1.807) is 0 Å². The summed E-state index contributed by atoms with van der Waals surface area (Å²) in [5.74, 6) is -76.3. The van der Waals surface area contributed by atoms with Crippen LogP contribution in [0.4, 0.5) is 92.2 Å². The standard InChI is InChI=1S/C18H15F21/c1-2-3-4-5-6-7-8-9(19,20)10(21,22)11(23,24)12(25,26)13(27,28)14(29,30)15(31,32)16(33,34)17(35,36)18(37,38)39/h2H,1,3-8H2. The Hall–Kier alpha value is -1.73. The Kier molecular flexibility index (Phi) is 10.1. The molecule has 0 aromatic heterocycles. The van der Waals surface area contributed by atoms with Crippen LogP contribution in [-0.2, 0) is 0 Å². The molecule has 21 heteroatoms. The molecular weight excluding hydrogens is 615 g/mol. The second-order valence-electron chi connectivity index (χ2n) is 8.04. The van der Waals surface area contributed by atoms with E-state index in [1.807, 2.05) is 0 Å². The van der Waals surface area contributed by atoms with Crippen LogP contribution in [0.3, 0.4) is 0 Å². The van der Waals surface area contributed by atoms with Gasteiger partial charge in [0.1, 0.15) is 0 Å². The number of halogens is 21. The molecule has 0 aliphatic rings. The van der Waals surface area contributed by atoms with E-state index in [4.69, 9.17) is 0 Å². The fraction of sp³-hybridized carbons (Fsp3) is 0.889. The third-order valence-electron chi connectivity index (χ3n) is 5.22. The SMILES string of the molecule is C=CCCCCCCC(F)(F)C(F)(F)C(F)(F)C(F)(F)C(F)(F)C(F)(F)C(F)(F)C(F)(F)C(F)(F)C(F)(F)F. The maximum atomic E-state index is 13.7. The van der Waals surface area contributed by atoms with Crippen LogP contribution in [-0.4, -0.2) is 59.5 Å². The Morgan fingerprint density at radius 1 is 0.359 bits per heavy atom. The highest BCUT2D eigenvalue weighted by molar-refractivity contribution is 5.17. The van der Waals surface area contributed by atoms with Gasteiger partial charge in [0.2, 0.25) is 0 Å². The maximum absolute atomic E-state index is 13.7. The van der Waals surface area contributed by atoms with E-state index < -0.39 is 78.7 Å². The van der Waals surface area contributed by atoms with Crippen LogP contribution in [0.25, 0.3) is 0 Å². The Balaban J connectivity index is 6.60. The van der Waals surface area contributed by atoms with Crippen molar-refractivity contribution in [3.8, 4) is 0 Å². The number of hydrogen-bond donors (Lipinski definition) is 0. The Morgan fingerprint density at radius 2 is 0.641 bits per heavy atom. The summed E-state index contributed by atoms with van der Waals surface area (Å²) < 4.78 is 278. The lowest BCUT2D eigenvalue weighted by molar-refractivity contribution is -0.474. The van der Waals surface area contributed by atoms with Gasteiger partial charge in [-0.1, -0.05) is 18.9 Å². The van der Waals surface area contributed by atoms with Crippen molar-refractivity contribution in [2.24, 2.45) is 0 Å². The van der Waals surface area contributed by atoms with E-state index >= 15 is 0 Å². The van der Waals surface area contributed by atoms with E-state index in [1.165, 1.54) is 6.08 Å². The summed E-state index contributed by atoms with van der Waals surface area (Å²) in [5, 5.41) is 0. The molecular formula is C18H15F21. The van der Waals surface area contributed by atoms with Gasteiger partial charge in [-0.15, -0.1) is 6.58 Å². The molecule has 0 radical (unpaired) electrons. The first-order valence-electron chi connectivity index (χ1n) is 9.89. The molecule has 0 atom stereocenters. The zero-order valence-electron chi connectivity index (χ0n) is 18.5. The number of hydrogen-bond acceptors (Lipinski definition) is 0. The maximum Gasteiger partial charge on any atom is 0.460 e. The highest BCUT2D eigenvalue weighted by atomic mass is 19.4. The molecule has 0 aromatic carbocycles. The average molecular weight is 630 g/mol. The number of alkyl halides is 21. The molecule has 0 saturated carbocycles. The number of unbranched alkanes of at least 4 members (excludes halogenated alkanes) is 4. The summed E-state index contributed by atoms with van der Waals surface area (Å²) >= 11 is 0. The minimum atomic E-state index is -9.14. The van der Waals surface area contributed by atoms with Gasteiger partial charge >= 0.3 is 59.5 Å². The van der Waals surface area contributed by atoms with Crippen LogP contribution in [0, 0.1) is 0 Å². The van der Waals surface area contributed by atoms with Gasteiger partial charge in [0.15, 0.2) is 0 Å². The third-order valence-corrected chi connectivity index (χ3v) is 5.22. The third kappa shape index (κ3) is 5.47. The Labute approximate surface area is 204 Å². The summed E-state index contributed by atoms with van der Waals surface area (Å²) in [6.07, 6.45) is -10.7. The predicted molar refractivity (Wildman–Crippen MR) is 88.5 cm³/mol. The van der Waals surface area contributed by atoms with E-state index in [0.717, 1.165) is 0 Å². The zero-order valence-corrected chi connectivity index (χ0v) is 18.5. The fourth-order valence-electron chi connectivity index (χ4n) is 2.74. The minimum Gasteiger partial charge on any atom is -0.200 e. The van der Waals surface area contributed by atoms with Gasteiger partial charge in [0, 0.05) is 6.42 Å². The normalized spacial score (nSPS) is 16.0. The Bertz CT molecular complexity index is 834. The highest BCUT2D eigenvalue weighted by Gasteiger charge is 2.97. The lowest BCUT2D eigenvalue weighted by Gasteiger charge is -2.44. The van der Waals surface area contributed by atoms with Gasteiger partial charge in [0.05, 0.1) is 0 Å². The topological polar surface area (TPSA) is 0 Å². The smallest absolute Gasteiger partial charge is 0.200 e. The first-order valence-corrected chi connectivity index (χ1v) is 9.89. The fourth-order valence-corrected chi connectivity index (χ4v) is 2.74. The molecule has 0 rings (SSSR count). The second kappa shape index (κ2) is 10.6. The molecule has 0 saturated heterocycles. The summed E-state index contributed by atoms with van der Waals surface area (Å²) in [5.41, 5.74) is 0. The molecule has 0 bridgehead atoms. The summed E-state index contributed by atoms with van der Waals surface area (Å²) in [4.78, 5) is 0. The molecule has 0 aliphatic heterocycles. The highest BCUT2D eigenvalue weighted by Crippen LogP contribution is 2.66. The van der Waals surface area contributed by atoms with E-state index in [-0.39, 0.29) is 19.3 Å². The minimum absolute atomic E-state index is 0.101. The van der Waals surface area contributed by atoms with Crippen molar-refractivity contribution in [2.45, 2.75) is 98.0 Å². The quantitative estimate of drug-likeness (QED) is 0.0961. The van der Waals surface area contributed by atoms with Crippen LogP contribution in [0.15, 0.2) is 12.7 Å². The van der Waals surface area contributed by atoms with E-state index in [0.29, 0.717) is 0 Å². The van der Waals surface area contributed by atoms with Crippen molar-refractivity contribution in [1.82, 2.24) is 0 Å². The van der Waals surface area contributed by atoms with Crippen LogP contribution in [0.2, 0.25) is 0 Å². The van der Waals surface area contributed by atoms with E-state index in [2.05, 4.69) is 6.58 Å². The number of rotatable bonds is 15. The van der Waals surface area contributed by atoms with E-state index in [9.17, 15) is 92.2 Å². The predicted octanol–water partition coefficient (Wildman–Crippen LogP) is 9.79. The summed E-state index contributed by atoms with van der Waals surface area (Å²) in [6.45, 7) is 3.22. The largest absolute Gasteiger partial charge is 0.460 e. The van der Waals surface area contributed by atoms with Crippen molar-refractivity contribution in [2.75, 3.05) is 0 Å². The van der Waals surface area contributed by atoms with Crippen molar-refractivity contribution in [3.05, 3.63) is 12.7 Å². The molecule has 234 valence electrons. The molecule has 0 heterocycles. The molecule has 0 unspecified atom stereocenters. The number of allylic oxidation sites excluding steroid dienone is 1. The zero-order chi connectivity index (χ0) is 31.9. The molecule has 0 N–H and O–H groups in total. The van der Waals surface area contributed by atoms with Gasteiger partial charge in [-0.3, -0.25) is 0 Å². The first kappa shape index (κ1) is 37.3. The van der Waals surface area contributed by atoms with Crippen LogP contribution in [0.5, 0.6) is 0 Å². The summed E-state index contributed by atoms with van der Waals surface area (Å²) in [7, 11) is 0. The first-order chi connectivity index (χ1) is 16.8. The molecule has 0 nitrogen and oxygen atoms in total. The van der Waals surface area contributed by atoms with Crippen LogP contribution < -0.4 is 0 Å². The molecule has 0 aliphatic carbocycles. The van der Waals surface area contributed by atoms with Crippen molar-refractivity contribution in [1.29, 1.82) is 0 Å². The van der Waals surface area contributed by atoms with Gasteiger partial charge in [-0.05, 0) is 19.3 Å². The van der Waals surface area contributed by atoms with Gasteiger partial charge in [-0.25, -0.2) is 0 Å². The van der Waals surface area contributed by atoms with Crippen molar-refractivity contribution < 1.29 is 92.2 Å². The monoisotopic (exact) mass is 630 g/mol. The lowest BCUT2D eigenvalue weighted by Crippen LogP contribution is -2.76. The van der Waals surface area contributed by atoms with Crippen molar-refractivity contribution in [3.63, 3.8) is 0 Å².